The van der Waals surface area contributed by atoms with Gasteiger partial charge in [-0.1, -0.05) is 35.2 Å². The highest BCUT2D eigenvalue weighted by Crippen LogP contribution is 2.30. The van der Waals surface area contributed by atoms with E-state index in [-0.39, 0.29) is 0 Å². The summed E-state index contributed by atoms with van der Waals surface area (Å²) in [6.45, 7) is 0. The van der Waals surface area contributed by atoms with Crippen molar-refractivity contribution in [2.45, 2.75) is 38.1 Å². The Bertz CT molecular complexity index is 441. The fourth-order valence-corrected chi connectivity index (χ4v) is 3.01. The maximum absolute atomic E-state index is 11.3. The normalized spacial score (nSPS) is 16.6. The summed E-state index contributed by atoms with van der Waals surface area (Å²) in [5.41, 5.74) is 1.19. The number of hydrogen-bond acceptors (Lipinski definition) is 2. The van der Waals surface area contributed by atoms with E-state index < -0.39 is 5.97 Å². The second kappa shape index (κ2) is 5.74. The minimum absolute atomic E-state index is 0.373. The van der Waals surface area contributed by atoms with Gasteiger partial charge in [0.05, 0.1) is 11.3 Å². The molecule has 1 aromatic carbocycles. The van der Waals surface area contributed by atoms with E-state index in [4.69, 9.17) is 0 Å². The zero-order valence-corrected chi connectivity index (χ0v) is 12.1. The minimum Gasteiger partial charge on any atom is -0.478 e. The van der Waals surface area contributed by atoms with Gasteiger partial charge in [-0.3, -0.25) is 0 Å². The lowest BCUT2D eigenvalue weighted by Crippen LogP contribution is -2.34. The van der Waals surface area contributed by atoms with Gasteiger partial charge in [-0.2, -0.15) is 0 Å². The number of rotatable bonds is 3. The quantitative estimate of drug-likeness (QED) is 0.920. The van der Waals surface area contributed by atoms with Crippen LogP contribution in [0, 0.1) is 0 Å². The zero-order valence-electron chi connectivity index (χ0n) is 10.5. The van der Waals surface area contributed by atoms with Crippen molar-refractivity contribution in [2.75, 3.05) is 11.9 Å². The Kier molecular flexibility index (Phi) is 4.27. The van der Waals surface area contributed by atoms with Gasteiger partial charge in [-0.25, -0.2) is 4.79 Å². The molecule has 1 aliphatic rings. The van der Waals surface area contributed by atoms with Crippen molar-refractivity contribution in [3.05, 3.63) is 28.2 Å². The van der Waals surface area contributed by atoms with Crippen LogP contribution in [0.4, 0.5) is 5.69 Å². The Hall–Kier alpha value is -1.03. The Morgan fingerprint density at radius 1 is 1.33 bits per heavy atom. The number of hydrogen-bond donors (Lipinski definition) is 1. The van der Waals surface area contributed by atoms with E-state index in [0.29, 0.717) is 11.6 Å². The molecule has 0 radical (unpaired) electrons. The van der Waals surface area contributed by atoms with Crippen LogP contribution in [-0.4, -0.2) is 24.2 Å². The summed E-state index contributed by atoms with van der Waals surface area (Å²) in [5.74, 6) is -0.867. The van der Waals surface area contributed by atoms with Gasteiger partial charge in [0.2, 0.25) is 0 Å². The molecule has 18 heavy (non-hydrogen) atoms. The van der Waals surface area contributed by atoms with Crippen LogP contribution in [0.15, 0.2) is 22.7 Å². The summed E-state index contributed by atoms with van der Waals surface area (Å²) in [5, 5.41) is 9.29. The average molecular weight is 312 g/mol. The monoisotopic (exact) mass is 311 g/mol. The number of carboxylic acid groups (broad SMARTS) is 1. The van der Waals surface area contributed by atoms with Crippen LogP contribution in [0.2, 0.25) is 0 Å². The number of carboxylic acids is 1. The first-order valence-electron chi connectivity index (χ1n) is 6.35. The van der Waals surface area contributed by atoms with Crippen LogP contribution in [0.3, 0.4) is 0 Å². The summed E-state index contributed by atoms with van der Waals surface area (Å²) < 4.78 is 0.806. The highest BCUT2D eigenvalue weighted by Gasteiger charge is 2.22. The predicted molar refractivity (Wildman–Crippen MR) is 76.4 cm³/mol. The smallest absolute Gasteiger partial charge is 0.337 e. The Labute approximate surface area is 116 Å². The third kappa shape index (κ3) is 2.86. The molecule has 0 spiro atoms. The van der Waals surface area contributed by atoms with Crippen LogP contribution in [0.1, 0.15) is 42.5 Å². The van der Waals surface area contributed by atoms with Crippen molar-refractivity contribution in [1.29, 1.82) is 0 Å². The second-order valence-corrected chi connectivity index (χ2v) is 5.79. The molecule has 0 heterocycles. The summed E-state index contributed by atoms with van der Waals surface area (Å²) in [7, 11) is 2.01. The molecule has 0 amide bonds. The highest BCUT2D eigenvalue weighted by molar-refractivity contribution is 9.10. The lowest BCUT2D eigenvalue weighted by atomic mass is 9.94. The maximum Gasteiger partial charge on any atom is 0.337 e. The lowest BCUT2D eigenvalue weighted by molar-refractivity contribution is 0.0697. The molecule has 0 saturated heterocycles. The van der Waals surface area contributed by atoms with Gasteiger partial charge in [-0.15, -0.1) is 0 Å². The molecule has 1 aliphatic carbocycles. The molecule has 0 unspecified atom stereocenters. The molecule has 1 fully saturated rings. The van der Waals surface area contributed by atoms with Crippen molar-refractivity contribution >= 4 is 27.6 Å². The van der Waals surface area contributed by atoms with E-state index in [1.165, 1.54) is 19.3 Å². The Balaban J connectivity index is 2.28. The second-order valence-electron chi connectivity index (χ2n) is 4.87. The van der Waals surface area contributed by atoms with E-state index >= 15 is 0 Å². The molecule has 1 N–H and O–H groups in total. The standard InChI is InChI=1S/C14H18BrNO2/c1-16(11-5-3-2-4-6-11)13-8-7-10(15)9-12(13)14(17)18/h7-9,11H,2-6H2,1H3,(H,17,18). The third-order valence-electron chi connectivity index (χ3n) is 3.69. The van der Waals surface area contributed by atoms with Crippen LogP contribution in [-0.2, 0) is 0 Å². The van der Waals surface area contributed by atoms with E-state index in [1.54, 1.807) is 6.07 Å². The average Bonchev–Trinajstić information content (AvgIpc) is 2.39. The summed E-state index contributed by atoms with van der Waals surface area (Å²) in [6, 6.07) is 5.94. The largest absolute Gasteiger partial charge is 0.478 e. The Morgan fingerprint density at radius 3 is 2.61 bits per heavy atom. The number of nitrogens with zero attached hydrogens (tertiary/aromatic N) is 1. The SMILES string of the molecule is CN(c1ccc(Br)cc1C(=O)O)C1CCCCC1. The first kappa shape index (κ1) is 13.4. The number of benzene rings is 1. The molecular formula is C14H18BrNO2. The Morgan fingerprint density at radius 2 is 2.00 bits per heavy atom. The first-order valence-corrected chi connectivity index (χ1v) is 7.14. The molecule has 0 atom stereocenters. The van der Waals surface area contributed by atoms with Gasteiger partial charge in [0.15, 0.2) is 0 Å². The van der Waals surface area contributed by atoms with Crippen molar-refractivity contribution < 1.29 is 9.90 Å². The van der Waals surface area contributed by atoms with E-state index in [2.05, 4.69) is 20.8 Å². The minimum atomic E-state index is -0.867. The molecule has 1 saturated carbocycles. The fourth-order valence-electron chi connectivity index (χ4n) is 2.65. The summed E-state index contributed by atoms with van der Waals surface area (Å²) >= 11 is 3.33. The molecule has 98 valence electrons. The van der Waals surface area contributed by atoms with Crippen LogP contribution >= 0.6 is 15.9 Å². The van der Waals surface area contributed by atoms with Crippen molar-refractivity contribution in [3.8, 4) is 0 Å². The van der Waals surface area contributed by atoms with E-state index in [1.807, 2.05) is 19.2 Å². The molecule has 1 aromatic rings. The van der Waals surface area contributed by atoms with Crippen LogP contribution < -0.4 is 4.90 Å². The molecule has 0 aromatic heterocycles. The van der Waals surface area contributed by atoms with Gasteiger partial charge in [0, 0.05) is 17.6 Å². The lowest BCUT2D eigenvalue weighted by Gasteiger charge is -2.33. The van der Waals surface area contributed by atoms with Crippen LogP contribution in [0.25, 0.3) is 0 Å². The number of aromatic carboxylic acids is 1. The van der Waals surface area contributed by atoms with Gasteiger partial charge >= 0.3 is 5.97 Å². The summed E-state index contributed by atoms with van der Waals surface area (Å²) in [4.78, 5) is 13.4. The molecular weight excluding hydrogens is 294 g/mol. The first-order chi connectivity index (χ1) is 8.59. The zero-order chi connectivity index (χ0) is 13.1. The van der Waals surface area contributed by atoms with Crippen molar-refractivity contribution in [3.63, 3.8) is 0 Å². The summed E-state index contributed by atoms with van der Waals surface area (Å²) in [6.07, 6.45) is 6.11. The predicted octanol–water partition coefficient (Wildman–Crippen LogP) is 3.92. The van der Waals surface area contributed by atoms with Gasteiger partial charge in [0.1, 0.15) is 0 Å². The van der Waals surface area contributed by atoms with Crippen molar-refractivity contribution in [1.82, 2.24) is 0 Å². The topological polar surface area (TPSA) is 40.5 Å². The third-order valence-corrected chi connectivity index (χ3v) is 4.18. The van der Waals surface area contributed by atoms with Gasteiger partial charge in [0.25, 0.3) is 0 Å². The van der Waals surface area contributed by atoms with Crippen LogP contribution in [0.5, 0.6) is 0 Å². The maximum atomic E-state index is 11.3. The number of carbonyl (C=O) groups is 1. The van der Waals surface area contributed by atoms with Gasteiger partial charge in [-0.05, 0) is 31.0 Å². The molecule has 4 heteroatoms. The fraction of sp³-hybridized carbons (Fsp3) is 0.500. The number of halogens is 1. The van der Waals surface area contributed by atoms with Crippen molar-refractivity contribution in [2.24, 2.45) is 0 Å². The van der Waals surface area contributed by atoms with E-state index in [0.717, 1.165) is 23.0 Å². The molecule has 0 bridgehead atoms. The molecule has 3 nitrogen and oxygen atoms in total. The van der Waals surface area contributed by atoms with E-state index in [9.17, 15) is 9.90 Å². The molecule has 2 rings (SSSR count). The molecule has 0 aliphatic heterocycles. The van der Waals surface area contributed by atoms with Gasteiger partial charge < -0.3 is 10.0 Å². The number of anilines is 1. The highest BCUT2D eigenvalue weighted by atomic mass is 79.9.